The van der Waals surface area contributed by atoms with E-state index in [0.717, 1.165) is 18.6 Å². The van der Waals surface area contributed by atoms with Gasteiger partial charge in [0.15, 0.2) is 0 Å². The lowest BCUT2D eigenvalue weighted by Gasteiger charge is -2.28. The monoisotopic (exact) mass is 321 g/mol. The Morgan fingerprint density at radius 2 is 2.18 bits per heavy atom. The Kier molecular flexibility index (Phi) is 5.00. The van der Waals surface area contributed by atoms with E-state index in [0.29, 0.717) is 11.0 Å². The molecule has 1 aromatic heterocycles. The first kappa shape index (κ1) is 14.5. The third kappa shape index (κ3) is 3.22. The van der Waals surface area contributed by atoms with Gasteiger partial charge in [0, 0.05) is 5.41 Å². The Morgan fingerprint density at radius 3 is 2.53 bits per heavy atom. The van der Waals surface area contributed by atoms with Crippen molar-refractivity contribution in [3.63, 3.8) is 0 Å². The molecule has 0 aromatic carbocycles. The molecule has 5 nitrogen and oxygen atoms in total. The molecule has 7 heteroatoms. The molecule has 0 atom stereocenters. The van der Waals surface area contributed by atoms with Crippen molar-refractivity contribution in [2.24, 2.45) is 5.41 Å². The van der Waals surface area contributed by atoms with Gasteiger partial charge in [0.25, 0.3) is 0 Å². The summed E-state index contributed by atoms with van der Waals surface area (Å²) in [4.78, 5) is 10.2. The molecule has 1 heterocycles. The molecule has 0 spiro atoms. The van der Waals surface area contributed by atoms with Gasteiger partial charge in [-0.05, 0) is 39.4 Å². The van der Waals surface area contributed by atoms with Gasteiger partial charge in [-0.3, -0.25) is 0 Å². The minimum Gasteiger partial charge on any atom is -0.358 e. The summed E-state index contributed by atoms with van der Waals surface area (Å²) in [6.07, 6.45) is 3.60. The molecule has 0 saturated carbocycles. The van der Waals surface area contributed by atoms with E-state index in [1.807, 2.05) is 0 Å². The van der Waals surface area contributed by atoms with Gasteiger partial charge in [-0.15, -0.1) is 0 Å². The first-order chi connectivity index (χ1) is 7.98. The Morgan fingerprint density at radius 1 is 1.59 bits per heavy atom. The van der Waals surface area contributed by atoms with E-state index in [9.17, 15) is 10.1 Å². The van der Waals surface area contributed by atoms with Crippen LogP contribution >= 0.6 is 28.6 Å². The fourth-order valence-electron chi connectivity index (χ4n) is 1.68. The van der Waals surface area contributed by atoms with E-state index >= 15 is 0 Å². The van der Waals surface area contributed by atoms with Crippen LogP contribution in [0.5, 0.6) is 0 Å². The SMILES string of the molecule is CCC(CC)(CS)Cn1cc(Br)c([N+](=O)[O-])n1. The number of thiol groups is 1. The second kappa shape index (κ2) is 5.86. The lowest BCUT2D eigenvalue weighted by Crippen LogP contribution is -2.27. The summed E-state index contributed by atoms with van der Waals surface area (Å²) in [6, 6.07) is 0. The number of rotatable bonds is 6. The van der Waals surface area contributed by atoms with E-state index in [-0.39, 0.29) is 11.2 Å². The van der Waals surface area contributed by atoms with Gasteiger partial charge >= 0.3 is 5.82 Å². The lowest BCUT2D eigenvalue weighted by molar-refractivity contribution is -0.390. The van der Waals surface area contributed by atoms with Crippen LogP contribution in [-0.4, -0.2) is 20.5 Å². The van der Waals surface area contributed by atoms with Gasteiger partial charge in [0.1, 0.15) is 4.47 Å². The number of nitrogens with zero attached hydrogens (tertiary/aromatic N) is 3. The van der Waals surface area contributed by atoms with Crippen LogP contribution in [0.15, 0.2) is 10.7 Å². The first-order valence-corrected chi connectivity index (χ1v) is 6.88. The molecule has 0 amide bonds. The molecule has 0 aliphatic carbocycles. The highest BCUT2D eigenvalue weighted by Crippen LogP contribution is 2.31. The average Bonchev–Trinajstić information content (AvgIpc) is 2.67. The first-order valence-electron chi connectivity index (χ1n) is 5.46. The number of hydrogen-bond donors (Lipinski definition) is 1. The molecule has 0 fully saturated rings. The van der Waals surface area contributed by atoms with Crippen LogP contribution in [0.4, 0.5) is 5.82 Å². The standard InChI is InChI=1S/C10H16BrN3O2S/c1-3-10(4-2,7-17)6-13-5-8(11)9(12-13)14(15)16/h5,17H,3-4,6-7H2,1-2H3. The smallest absolute Gasteiger partial charge is 0.358 e. The lowest BCUT2D eigenvalue weighted by atomic mass is 9.84. The summed E-state index contributed by atoms with van der Waals surface area (Å²) in [5, 5.41) is 14.7. The van der Waals surface area contributed by atoms with Crippen LogP contribution in [0.2, 0.25) is 0 Å². The predicted molar refractivity (Wildman–Crippen MR) is 73.4 cm³/mol. The highest BCUT2D eigenvalue weighted by atomic mass is 79.9. The van der Waals surface area contributed by atoms with E-state index in [2.05, 4.69) is 47.5 Å². The third-order valence-corrected chi connectivity index (χ3v) is 4.44. The van der Waals surface area contributed by atoms with Crippen LogP contribution in [0.25, 0.3) is 0 Å². The quantitative estimate of drug-likeness (QED) is 0.497. The van der Waals surface area contributed by atoms with Gasteiger partial charge in [-0.2, -0.15) is 17.3 Å². The number of halogens is 1. The Bertz CT molecular complexity index is 396. The topological polar surface area (TPSA) is 61.0 Å². The molecule has 0 saturated heterocycles. The van der Waals surface area contributed by atoms with Crippen molar-refractivity contribution >= 4 is 34.4 Å². The zero-order valence-electron chi connectivity index (χ0n) is 9.89. The molecule has 1 aromatic rings. The predicted octanol–water partition coefficient (Wildman–Crippen LogP) is 3.29. The maximum atomic E-state index is 10.7. The minimum absolute atomic E-state index is 0.0441. The van der Waals surface area contributed by atoms with Crippen molar-refractivity contribution in [3.05, 3.63) is 20.8 Å². The van der Waals surface area contributed by atoms with Crippen molar-refractivity contribution in [1.82, 2.24) is 9.78 Å². The molecule has 1 rings (SSSR count). The van der Waals surface area contributed by atoms with Crippen LogP contribution in [0, 0.1) is 15.5 Å². The molecule has 0 N–H and O–H groups in total. The molecular formula is C10H16BrN3O2S. The summed E-state index contributed by atoms with van der Waals surface area (Å²) in [5.41, 5.74) is 0.0441. The molecule has 17 heavy (non-hydrogen) atoms. The van der Waals surface area contributed by atoms with Gasteiger partial charge in [-0.25, -0.2) is 0 Å². The maximum absolute atomic E-state index is 10.7. The summed E-state index contributed by atoms with van der Waals surface area (Å²) in [7, 11) is 0. The van der Waals surface area contributed by atoms with Crippen LogP contribution in [0.3, 0.4) is 0 Å². The zero-order valence-corrected chi connectivity index (χ0v) is 12.4. The summed E-state index contributed by atoms with van der Waals surface area (Å²) in [5.74, 6) is 0.607. The largest absolute Gasteiger partial charge is 0.404 e. The van der Waals surface area contributed by atoms with Crippen LogP contribution < -0.4 is 0 Å². The molecular weight excluding hydrogens is 306 g/mol. The normalized spacial score (nSPS) is 11.8. The number of hydrogen-bond acceptors (Lipinski definition) is 4. The van der Waals surface area contributed by atoms with Gasteiger partial charge in [0.2, 0.25) is 0 Å². The van der Waals surface area contributed by atoms with Crippen molar-refractivity contribution in [2.45, 2.75) is 33.2 Å². The van der Waals surface area contributed by atoms with E-state index in [4.69, 9.17) is 0 Å². The molecule has 0 aliphatic heterocycles. The summed E-state index contributed by atoms with van der Waals surface area (Å²) in [6.45, 7) is 4.86. The van der Waals surface area contributed by atoms with Crippen molar-refractivity contribution in [3.8, 4) is 0 Å². The number of aromatic nitrogens is 2. The molecule has 0 aliphatic rings. The Labute approximate surface area is 114 Å². The van der Waals surface area contributed by atoms with Crippen molar-refractivity contribution in [2.75, 3.05) is 5.75 Å². The van der Waals surface area contributed by atoms with Crippen molar-refractivity contribution < 1.29 is 4.92 Å². The van der Waals surface area contributed by atoms with E-state index in [1.54, 1.807) is 10.9 Å². The Balaban J connectivity index is 2.95. The molecule has 96 valence electrons. The second-order valence-corrected chi connectivity index (χ2v) is 5.29. The second-order valence-electron chi connectivity index (χ2n) is 4.12. The summed E-state index contributed by atoms with van der Waals surface area (Å²) >= 11 is 7.53. The fourth-order valence-corrected chi connectivity index (χ4v) is 2.69. The molecule has 0 unspecified atom stereocenters. The highest BCUT2D eigenvalue weighted by molar-refractivity contribution is 9.10. The average molecular weight is 322 g/mol. The minimum atomic E-state index is -0.485. The van der Waals surface area contributed by atoms with Crippen molar-refractivity contribution in [1.29, 1.82) is 0 Å². The highest BCUT2D eigenvalue weighted by Gasteiger charge is 2.28. The summed E-state index contributed by atoms with van der Waals surface area (Å²) < 4.78 is 2.05. The van der Waals surface area contributed by atoms with Gasteiger partial charge in [-0.1, -0.05) is 13.8 Å². The van der Waals surface area contributed by atoms with E-state index < -0.39 is 4.92 Å². The van der Waals surface area contributed by atoms with E-state index in [1.165, 1.54) is 0 Å². The van der Waals surface area contributed by atoms with Crippen LogP contribution in [-0.2, 0) is 6.54 Å². The van der Waals surface area contributed by atoms with Crippen LogP contribution in [0.1, 0.15) is 26.7 Å². The molecule has 0 radical (unpaired) electrons. The van der Waals surface area contributed by atoms with Gasteiger partial charge in [0.05, 0.1) is 17.8 Å². The van der Waals surface area contributed by atoms with Gasteiger partial charge < -0.3 is 10.1 Å². The molecule has 0 bridgehead atoms. The maximum Gasteiger partial charge on any atom is 0.404 e. The third-order valence-electron chi connectivity index (χ3n) is 3.20. The Hall–Kier alpha value is -0.560. The number of nitro groups is 1. The fraction of sp³-hybridized carbons (Fsp3) is 0.700. The zero-order chi connectivity index (χ0) is 13.1.